The van der Waals surface area contributed by atoms with Crippen molar-refractivity contribution >= 4 is 28.9 Å². The summed E-state index contributed by atoms with van der Waals surface area (Å²) in [6, 6.07) is 2.42. The minimum Gasteiger partial charge on any atom is -0.377 e. The molecule has 2 aliphatic rings. The Bertz CT molecular complexity index is 495. The maximum atomic E-state index is 13.5. The summed E-state index contributed by atoms with van der Waals surface area (Å²) in [6.45, 7) is 1.44. The third kappa shape index (κ3) is 1.66. The number of fused-ring (bicyclic) bond motifs is 3. The van der Waals surface area contributed by atoms with E-state index in [1.807, 2.05) is 4.90 Å². The van der Waals surface area contributed by atoms with Crippen molar-refractivity contribution in [2.24, 2.45) is 0 Å². The molecule has 1 unspecified atom stereocenters. The average Bonchev–Trinajstić information content (AvgIpc) is 2.32. The van der Waals surface area contributed by atoms with Crippen LogP contribution in [0.5, 0.6) is 0 Å². The Morgan fingerprint density at radius 3 is 3.18 bits per heavy atom. The van der Waals surface area contributed by atoms with Crippen LogP contribution in [0.3, 0.4) is 0 Å². The van der Waals surface area contributed by atoms with Crippen LogP contribution in [0.2, 0.25) is 5.02 Å². The Morgan fingerprint density at radius 1 is 1.53 bits per heavy atom. The molecule has 90 valence electrons. The van der Waals surface area contributed by atoms with Gasteiger partial charge < -0.3 is 15.0 Å². The molecule has 1 atom stereocenters. The monoisotopic (exact) mass is 256 g/mol. The summed E-state index contributed by atoms with van der Waals surface area (Å²) in [4.78, 5) is 13.7. The van der Waals surface area contributed by atoms with Crippen LogP contribution in [0.1, 0.15) is 0 Å². The van der Waals surface area contributed by atoms with E-state index in [2.05, 4.69) is 5.32 Å². The first-order valence-corrected chi connectivity index (χ1v) is 5.69. The second-order valence-corrected chi connectivity index (χ2v) is 4.46. The molecular formula is C11H10ClFN2O2. The molecule has 0 aliphatic carbocycles. The molecule has 1 amide bonds. The summed E-state index contributed by atoms with van der Waals surface area (Å²) in [5, 5.41) is 2.73. The minimum absolute atomic E-state index is 0.00996. The van der Waals surface area contributed by atoms with Gasteiger partial charge in [0.05, 0.1) is 29.6 Å². The van der Waals surface area contributed by atoms with Gasteiger partial charge in [0.2, 0.25) is 5.91 Å². The first-order valence-electron chi connectivity index (χ1n) is 5.31. The number of rotatable bonds is 0. The van der Waals surface area contributed by atoms with Crippen molar-refractivity contribution in [3.63, 3.8) is 0 Å². The van der Waals surface area contributed by atoms with Gasteiger partial charge in [0, 0.05) is 12.6 Å². The lowest BCUT2D eigenvalue weighted by molar-refractivity contribution is -0.119. The summed E-state index contributed by atoms with van der Waals surface area (Å²) >= 11 is 5.70. The van der Waals surface area contributed by atoms with E-state index in [1.165, 1.54) is 12.1 Å². The molecule has 3 rings (SSSR count). The summed E-state index contributed by atoms with van der Waals surface area (Å²) in [5.41, 5.74) is 1.22. The molecule has 0 saturated carbocycles. The van der Waals surface area contributed by atoms with Gasteiger partial charge in [0.25, 0.3) is 0 Å². The lowest BCUT2D eigenvalue weighted by Crippen LogP contribution is -2.54. The predicted molar refractivity (Wildman–Crippen MR) is 62.0 cm³/mol. The van der Waals surface area contributed by atoms with E-state index in [0.29, 0.717) is 31.1 Å². The highest BCUT2D eigenvalue weighted by atomic mass is 35.5. The molecular weight excluding hydrogens is 247 g/mol. The van der Waals surface area contributed by atoms with Crippen LogP contribution in [-0.4, -0.2) is 31.7 Å². The largest absolute Gasteiger partial charge is 0.377 e. The number of morpholine rings is 1. The van der Waals surface area contributed by atoms with E-state index in [0.717, 1.165) is 0 Å². The molecule has 1 fully saturated rings. The van der Waals surface area contributed by atoms with E-state index in [9.17, 15) is 9.18 Å². The number of benzene rings is 1. The number of ether oxygens (including phenoxy) is 1. The van der Waals surface area contributed by atoms with Crippen molar-refractivity contribution in [1.29, 1.82) is 0 Å². The summed E-state index contributed by atoms with van der Waals surface area (Å²) in [5.74, 6) is -0.619. The smallest absolute Gasteiger partial charge is 0.249 e. The Kier molecular flexibility index (Phi) is 2.45. The second-order valence-electron chi connectivity index (χ2n) is 4.06. The molecule has 2 heterocycles. The number of nitrogens with zero attached hydrogens (tertiary/aromatic N) is 1. The van der Waals surface area contributed by atoms with Gasteiger partial charge in [-0.2, -0.15) is 0 Å². The molecule has 17 heavy (non-hydrogen) atoms. The van der Waals surface area contributed by atoms with Crippen LogP contribution >= 0.6 is 11.6 Å². The molecule has 0 aromatic heterocycles. The van der Waals surface area contributed by atoms with Crippen molar-refractivity contribution in [2.45, 2.75) is 6.04 Å². The molecule has 0 spiro atoms. The van der Waals surface area contributed by atoms with Crippen molar-refractivity contribution < 1.29 is 13.9 Å². The van der Waals surface area contributed by atoms with Gasteiger partial charge in [-0.25, -0.2) is 4.39 Å². The maximum Gasteiger partial charge on any atom is 0.249 e. The van der Waals surface area contributed by atoms with E-state index in [4.69, 9.17) is 16.3 Å². The van der Waals surface area contributed by atoms with Crippen LogP contribution < -0.4 is 10.2 Å². The first-order chi connectivity index (χ1) is 8.16. The molecule has 0 radical (unpaired) electrons. The maximum absolute atomic E-state index is 13.5. The second kappa shape index (κ2) is 3.85. The van der Waals surface area contributed by atoms with Crippen LogP contribution in [0.4, 0.5) is 15.8 Å². The van der Waals surface area contributed by atoms with E-state index < -0.39 is 5.82 Å². The normalized spacial score (nSPS) is 22.8. The predicted octanol–water partition coefficient (Wildman–Crippen LogP) is 1.64. The van der Waals surface area contributed by atoms with E-state index >= 15 is 0 Å². The molecule has 1 N–H and O–H groups in total. The number of halogens is 2. The standard InChI is InChI=1S/C11H10ClFN2O2/c12-6-3-8-9(4-7(6)13)15-1-2-17-5-10(15)11(16)14-8/h3-4,10H,1-2,5H2,(H,14,16). The number of nitrogens with one attached hydrogen (secondary N) is 1. The quantitative estimate of drug-likeness (QED) is 0.767. The zero-order valence-electron chi connectivity index (χ0n) is 8.87. The summed E-state index contributed by atoms with van der Waals surface area (Å²) < 4.78 is 18.7. The van der Waals surface area contributed by atoms with Gasteiger partial charge in [-0.05, 0) is 6.07 Å². The summed E-state index contributed by atoms with van der Waals surface area (Å²) in [6.07, 6.45) is 0. The van der Waals surface area contributed by atoms with E-state index in [-0.39, 0.29) is 17.0 Å². The number of carbonyl (C=O) groups is 1. The number of amides is 1. The van der Waals surface area contributed by atoms with Gasteiger partial charge >= 0.3 is 0 Å². The van der Waals surface area contributed by atoms with Gasteiger partial charge in [0.15, 0.2) is 0 Å². The Morgan fingerprint density at radius 2 is 2.35 bits per heavy atom. The zero-order valence-corrected chi connectivity index (χ0v) is 9.63. The average molecular weight is 257 g/mol. The highest BCUT2D eigenvalue weighted by molar-refractivity contribution is 6.31. The van der Waals surface area contributed by atoms with Gasteiger partial charge in [0.1, 0.15) is 11.9 Å². The summed E-state index contributed by atoms with van der Waals surface area (Å²) in [7, 11) is 0. The Balaban J connectivity index is 2.10. The minimum atomic E-state index is -0.480. The number of anilines is 2. The SMILES string of the molecule is O=C1Nc2cc(Cl)c(F)cc2N2CCOCC12. The van der Waals surface area contributed by atoms with Crippen LogP contribution in [0.25, 0.3) is 0 Å². The third-order valence-corrected chi connectivity index (χ3v) is 3.33. The van der Waals surface area contributed by atoms with Crippen molar-refractivity contribution in [1.82, 2.24) is 0 Å². The van der Waals surface area contributed by atoms with Crippen LogP contribution in [-0.2, 0) is 9.53 Å². The molecule has 1 aromatic carbocycles. The molecule has 4 nitrogen and oxygen atoms in total. The van der Waals surface area contributed by atoms with E-state index in [1.54, 1.807) is 0 Å². The van der Waals surface area contributed by atoms with Gasteiger partial charge in [-0.3, -0.25) is 4.79 Å². The topological polar surface area (TPSA) is 41.6 Å². The third-order valence-electron chi connectivity index (χ3n) is 3.04. The Hall–Kier alpha value is -1.33. The van der Waals surface area contributed by atoms with Gasteiger partial charge in [-0.1, -0.05) is 11.6 Å². The highest BCUT2D eigenvalue weighted by Crippen LogP contribution is 2.36. The highest BCUT2D eigenvalue weighted by Gasteiger charge is 2.35. The molecule has 0 bridgehead atoms. The molecule has 1 saturated heterocycles. The van der Waals surface area contributed by atoms with Crippen molar-refractivity contribution in [3.8, 4) is 0 Å². The fraction of sp³-hybridized carbons (Fsp3) is 0.364. The fourth-order valence-electron chi connectivity index (χ4n) is 2.20. The lowest BCUT2D eigenvalue weighted by Gasteiger charge is -2.40. The van der Waals surface area contributed by atoms with Crippen molar-refractivity contribution in [3.05, 3.63) is 23.0 Å². The first kappa shape index (κ1) is 10.8. The van der Waals surface area contributed by atoms with Gasteiger partial charge in [-0.15, -0.1) is 0 Å². The number of carbonyl (C=O) groups excluding carboxylic acids is 1. The number of hydrogen-bond donors (Lipinski definition) is 1. The lowest BCUT2D eigenvalue weighted by atomic mass is 10.1. The zero-order chi connectivity index (χ0) is 12.0. The van der Waals surface area contributed by atoms with Crippen LogP contribution in [0.15, 0.2) is 12.1 Å². The molecule has 1 aromatic rings. The fourth-order valence-corrected chi connectivity index (χ4v) is 2.36. The van der Waals surface area contributed by atoms with Crippen molar-refractivity contribution in [2.75, 3.05) is 30.0 Å². The Labute approximate surface area is 102 Å². The van der Waals surface area contributed by atoms with Crippen LogP contribution in [0, 0.1) is 5.82 Å². The number of hydrogen-bond acceptors (Lipinski definition) is 3. The molecule has 2 aliphatic heterocycles. The molecule has 6 heteroatoms.